The van der Waals surface area contributed by atoms with Crippen molar-refractivity contribution in [3.05, 3.63) is 52.7 Å². The average molecular weight is 323 g/mol. The Morgan fingerprint density at radius 1 is 1.32 bits per heavy atom. The Kier molecular flexibility index (Phi) is 6.43. The molecule has 1 N–H and O–H groups in total. The molecular formula is C17H23ClN2O2. The SMILES string of the molecule is CC(C)c1ocnc1CN(CCCO)Cc1cccc(Cl)c1. The van der Waals surface area contributed by atoms with Gasteiger partial charge in [-0.25, -0.2) is 4.98 Å². The highest BCUT2D eigenvalue weighted by molar-refractivity contribution is 6.30. The third-order valence-electron chi connectivity index (χ3n) is 3.50. The number of hydrogen-bond donors (Lipinski definition) is 1. The van der Waals surface area contributed by atoms with Gasteiger partial charge in [-0.2, -0.15) is 0 Å². The monoisotopic (exact) mass is 322 g/mol. The second-order valence-electron chi connectivity index (χ2n) is 5.74. The Morgan fingerprint density at radius 3 is 2.82 bits per heavy atom. The van der Waals surface area contributed by atoms with Crippen LogP contribution in [-0.2, 0) is 13.1 Å². The molecule has 1 aromatic heterocycles. The molecule has 0 amide bonds. The number of hydrogen-bond acceptors (Lipinski definition) is 4. The molecule has 120 valence electrons. The zero-order valence-electron chi connectivity index (χ0n) is 13.1. The normalized spacial score (nSPS) is 11.5. The molecule has 0 spiro atoms. The summed E-state index contributed by atoms with van der Waals surface area (Å²) < 4.78 is 5.49. The van der Waals surface area contributed by atoms with E-state index < -0.39 is 0 Å². The smallest absolute Gasteiger partial charge is 0.181 e. The molecule has 0 aliphatic carbocycles. The van der Waals surface area contributed by atoms with Crippen molar-refractivity contribution in [2.24, 2.45) is 0 Å². The molecule has 1 aromatic carbocycles. The van der Waals surface area contributed by atoms with E-state index in [4.69, 9.17) is 21.1 Å². The van der Waals surface area contributed by atoms with E-state index in [1.807, 2.05) is 18.2 Å². The molecule has 0 atom stereocenters. The van der Waals surface area contributed by atoms with E-state index in [0.29, 0.717) is 12.5 Å². The molecule has 0 bridgehead atoms. The van der Waals surface area contributed by atoms with Crippen molar-refractivity contribution in [1.29, 1.82) is 0 Å². The fraction of sp³-hybridized carbons (Fsp3) is 0.471. The summed E-state index contributed by atoms with van der Waals surface area (Å²) in [6.07, 6.45) is 2.24. The van der Waals surface area contributed by atoms with Crippen LogP contribution in [0.2, 0.25) is 5.02 Å². The first kappa shape index (κ1) is 17.0. The van der Waals surface area contributed by atoms with Gasteiger partial charge in [0.2, 0.25) is 0 Å². The lowest BCUT2D eigenvalue weighted by atomic mass is 10.1. The minimum Gasteiger partial charge on any atom is -0.448 e. The van der Waals surface area contributed by atoms with E-state index in [1.54, 1.807) is 0 Å². The summed E-state index contributed by atoms with van der Waals surface area (Å²) in [5.74, 6) is 1.24. The second-order valence-corrected chi connectivity index (χ2v) is 6.17. The Labute approximate surface area is 136 Å². The number of rotatable bonds is 8. The van der Waals surface area contributed by atoms with E-state index in [-0.39, 0.29) is 6.61 Å². The molecule has 0 radical (unpaired) electrons. The van der Waals surface area contributed by atoms with Gasteiger partial charge in [0.05, 0.1) is 5.69 Å². The van der Waals surface area contributed by atoms with Crippen LogP contribution in [0, 0.1) is 0 Å². The average Bonchev–Trinajstić information content (AvgIpc) is 2.93. The maximum Gasteiger partial charge on any atom is 0.181 e. The Hall–Kier alpha value is -1.36. The third kappa shape index (κ3) is 4.83. The van der Waals surface area contributed by atoms with Gasteiger partial charge in [-0.15, -0.1) is 0 Å². The van der Waals surface area contributed by atoms with E-state index in [2.05, 4.69) is 29.8 Å². The van der Waals surface area contributed by atoms with Crippen LogP contribution in [0.4, 0.5) is 0 Å². The van der Waals surface area contributed by atoms with Crippen molar-refractivity contribution in [3.8, 4) is 0 Å². The van der Waals surface area contributed by atoms with Crippen LogP contribution in [0.5, 0.6) is 0 Å². The van der Waals surface area contributed by atoms with Gasteiger partial charge in [-0.3, -0.25) is 4.90 Å². The zero-order valence-corrected chi connectivity index (χ0v) is 13.9. The van der Waals surface area contributed by atoms with Gasteiger partial charge in [0.15, 0.2) is 6.39 Å². The van der Waals surface area contributed by atoms with Crippen LogP contribution in [0.3, 0.4) is 0 Å². The number of benzene rings is 1. The van der Waals surface area contributed by atoms with Gasteiger partial charge in [0, 0.05) is 37.2 Å². The van der Waals surface area contributed by atoms with Gasteiger partial charge in [0.1, 0.15) is 5.76 Å². The molecule has 0 fully saturated rings. The van der Waals surface area contributed by atoms with Gasteiger partial charge in [0.25, 0.3) is 0 Å². The highest BCUT2D eigenvalue weighted by Crippen LogP contribution is 2.21. The topological polar surface area (TPSA) is 49.5 Å². The molecule has 22 heavy (non-hydrogen) atoms. The maximum atomic E-state index is 9.11. The minimum absolute atomic E-state index is 0.182. The molecule has 2 rings (SSSR count). The van der Waals surface area contributed by atoms with Crippen LogP contribution < -0.4 is 0 Å². The van der Waals surface area contributed by atoms with E-state index >= 15 is 0 Å². The molecule has 1 heterocycles. The van der Waals surface area contributed by atoms with E-state index in [1.165, 1.54) is 6.39 Å². The summed E-state index contributed by atoms with van der Waals surface area (Å²) in [6.45, 7) is 6.65. The molecule has 0 saturated carbocycles. The predicted molar refractivity (Wildman–Crippen MR) is 87.9 cm³/mol. The van der Waals surface area contributed by atoms with Gasteiger partial charge >= 0.3 is 0 Å². The quantitative estimate of drug-likeness (QED) is 0.802. The van der Waals surface area contributed by atoms with Crippen LogP contribution in [-0.4, -0.2) is 28.1 Å². The standard InChI is InChI=1S/C17H23ClN2O2/c1-13(2)17-16(19-12-22-17)11-20(7-4-8-21)10-14-5-3-6-15(18)9-14/h3,5-6,9,12-13,21H,4,7-8,10-11H2,1-2H3. The Bertz CT molecular complexity index is 584. The van der Waals surface area contributed by atoms with E-state index in [0.717, 1.165) is 41.6 Å². The molecule has 5 heteroatoms. The highest BCUT2D eigenvalue weighted by atomic mass is 35.5. The highest BCUT2D eigenvalue weighted by Gasteiger charge is 2.16. The number of aromatic nitrogens is 1. The number of aliphatic hydroxyl groups is 1. The summed E-state index contributed by atoms with van der Waals surface area (Å²) in [5.41, 5.74) is 2.12. The number of halogens is 1. The van der Waals surface area contributed by atoms with Crippen LogP contribution in [0.1, 0.15) is 43.2 Å². The number of aliphatic hydroxyl groups excluding tert-OH is 1. The van der Waals surface area contributed by atoms with Crippen molar-refractivity contribution in [2.45, 2.75) is 39.3 Å². The zero-order chi connectivity index (χ0) is 15.9. The van der Waals surface area contributed by atoms with Gasteiger partial charge < -0.3 is 9.52 Å². The van der Waals surface area contributed by atoms with Crippen molar-refractivity contribution < 1.29 is 9.52 Å². The van der Waals surface area contributed by atoms with Gasteiger partial charge in [-0.1, -0.05) is 37.6 Å². The summed E-state index contributed by atoms with van der Waals surface area (Å²) in [4.78, 5) is 6.60. The van der Waals surface area contributed by atoms with Crippen molar-refractivity contribution in [3.63, 3.8) is 0 Å². The second kappa shape index (κ2) is 8.32. The number of oxazole rings is 1. The summed E-state index contributed by atoms with van der Waals surface area (Å²) in [6, 6.07) is 7.86. The lowest BCUT2D eigenvalue weighted by Crippen LogP contribution is -2.25. The molecule has 0 unspecified atom stereocenters. The fourth-order valence-electron chi connectivity index (χ4n) is 2.48. The molecule has 2 aromatic rings. The first-order valence-corrected chi connectivity index (χ1v) is 7.98. The molecule has 0 aliphatic heterocycles. The van der Waals surface area contributed by atoms with E-state index in [9.17, 15) is 0 Å². The maximum absolute atomic E-state index is 9.11. The summed E-state index contributed by atoms with van der Waals surface area (Å²) >= 11 is 6.06. The predicted octanol–water partition coefficient (Wildman–Crippen LogP) is 3.84. The number of nitrogens with zero attached hydrogens (tertiary/aromatic N) is 2. The summed E-state index contributed by atoms with van der Waals surface area (Å²) in [7, 11) is 0. The Morgan fingerprint density at radius 2 is 2.14 bits per heavy atom. The Balaban J connectivity index is 2.10. The van der Waals surface area contributed by atoms with Crippen molar-refractivity contribution >= 4 is 11.6 Å². The van der Waals surface area contributed by atoms with Crippen LogP contribution >= 0.6 is 11.6 Å². The van der Waals surface area contributed by atoms with Crippen molar-refractivity contribution in [2.75, 3.05) is 13.2 Å². The summed E-state index contributed by atoms with van der Waals surface area (Å²) in [5, 5.41) is 9.85. The molecule has 0 aliphatic rings. The first-order chi connectivity index (χ1) is 10.6. The lowest BCUT2D eigenvalue weighted by Gasteiger charge is -2.22. The third-order valence-corrected chi connectivity index (χ3v) is 3.73. The molecular weight excluding hydrogens is 300 g/mol. The van der Waals surface area contributed by atoms with Crippen LogP contribution in [0.25, 0.3) is 0 Å². The lowest BCUT2D eigenvalue weighted by molar-refractivity contribution is 0.210. The molecule has 4 nitrogen and oxygen atoms in total. The largest absolute Gasteiger partial charge is 0.448 e. The van der Waals surface area contributed by atoms with Crippen LogP contribution in [0.15, 0.2) is 35.1 Å². The van der Waals surface area contributed by atoms with Gasteiger partial charge in [-0.05, 0) is 24.1 Å². The molecule has 0 saturated heterocycles. The minimum atomic E-state index is 0.182. The fourth-order valence-corrected chi connectivity index (χ4v) is 2.69. The first-order valence-electron chi connectivity index (χ1n) is 7.60. The van der Waals surface area contributed by atoms with Crippen molar-refractivity contribution in [1.82, 2.24) is 9.88 Å².